The first-order valence-electron chi connectivity index (χ1n) is 5.70. The van der Waals surface area contributed by atoms with Crippen LogP contribution in [-0.2, 0) is 0 Å². The van der Waals surface area contributed by atoms with E-state index in [-0.39, 0.29) is 6.04 Å². The summed E-state index contributed by atoms with van der Waals surface area (Å²) in [6.07, 6.45) is 1.74. The molecule has 2 aromatic rings. The van der Waals surface area contributed by atoms with E-state index in [9.17, 15) is 0 Å². The molecule has 0 saturated carbocycles. The van der Waals surface area contributed by atoms with Gasteiger partial charge in [-0.25, -0.2) is 4.98 Å². The van der Waals surface area contributed by atoms with Crippen LogP contribution in [0.1, 0.15) is 24.1 Å². The molecule has 0 bridgehead atoms. The predicted molar refractivity (Wildman–Crippen MR) is 80.2 cm³/mol. The molecule has 94 valence electrons. The highest BCUT2D eigenvalue weighted by Crippen LogP contribution is 2.25. The van der Waals surface area contributed by atoms with Gasteiger partial charge in [0.25, 0.3) is 0 Å². The zero-order valence-corrected chi connectivity index (χ0v) is 12.6. The SMILES string of the molecule is Cc1cccc(C(C)Nc2cnc(Cl)c(Br)c2)c1. The molecule has 4 heteroatoms. The van der Waals surface area contributed by atoms with Crippen LogP contribution in [0.25, 0.3) is 0 Å². The zero-order chi connectivity index (χ0) is 13.1. The van der Waals surface area contributed by atoms with Crippen LogP contribution in [0.2, 0.25) is 5.15 Å². The van der Waals surface area contributed by atoms with Gasteiger partial charge in [-0.05, 0) is 41.4 Å². The molecule has 0 amide bonds. The van der Waals surface area contributed by atoms with E-state index in [1.807, 2.05) is 6.07 Å². The largest absolute Gasteiger partial charge is 0.377 e. The predicted octanol–water partition coefficient (Wildman–Crippen LogP) is 4.98. The summed E-state index contributed by atoms with van der Waals surface area (Å²) in [5.41, 5.74) is 3.46. The van der Waals surface area contributed by atoms with Gasteiger partial charge < -0.3 is 5.32 Å². The van der Waals surface area contributed by atoms with E-state index >= 15 is 0 Å². The Balaban J connectivity index is 2.16. The van der Waals surface area contributed by atoms with Crippen LogP contribution in [0.5, 0.6) is 0 Å². The minimum atomic E-state index is 0.222. The van der Waals surface area contributed by atoms with Crippen LogP contribution in [0.3, 0.4) is 0 Å². The molecular formula is C14H14BrClN2. The Morgan fingerprint density at radius 3 is 2.78 bits per heavy atom. The van der Waals surface area contributed by atoms with Crippen molar-refractivity contribution >= 4 is 33.2 Å². The summed E-state index contributed by atoms with van der Waals surface area (Å²) in [7, 11) is 0. The number of hydrogen-bond donors (Lipinski definition) is 1. The molecule has 1 unspecified atom stereocenters. The smallest absolute Gasteiger partial charge is 0.143 e. The maximum absolute atomic E-state index is 5.87. The summed E-state index contributed by atoms with van der Waals surface area (Å²) < 4.78 is 0.797. The third-order valence-corrected chi connectivity index (χ3v) is 3.86. The standard InChI is InChI=1S/C14H14BrClN2/c1-9-4-3-5-11(6-9)10(2)18-12-7-13(15)14(16)17-8-12/h3-8,10,18H,1-2H3. The molecule has 1 aromatic carbocycles. The van der Waals surface area contributed by atoms with Crippen molar-refractivity contribution in [3.63, 3.8) is 0 Å². The van der Waals surface area contributed by atoms with Gasteiger partial charge in [0.1, 0.15) is 5.15 Å². The fourth-order valence-corrected chi connectivity index (χ4v) is 2.23. The van der Waals surface area contributed by atoms with E-state index < -0.39 is 0 Å². The lowest BCUT2D eigenvalue weighted by Gasteiger charge is -2.16. The average molecular weight is 326 g/mol. The summed E-state index contributed by atoms with van der Waals surface area (Å²) in [6, 6.07) is 10.6. The molecule has 2 nitrogen and oxygen atoms in total. The van der Waals surface area contributed by atoms with Gasteiger partial charge in [0, 0.05) is 6.04 Å². The second kappa shape index (κ2) is 5.72. The van der Waals surface area contributed by atoms with E-state index in [4.69, 9.17) is 11.6 Å². The number of halogens is 2. The summed E-state index contributed by atoms with van der Waals surface area (Å²) >= 11 is 9.24. The molecule has 0 aliphatic rings. The van der Waals surface area contributed by atoms with Crippen LogP contribution >= 0.6 is 27.5 Å². The third-order valence-electron chi connectivity index (χ3n) is 2.72. The molecule has 0 saturated heterocycles. The highest BCUT2D eigenvalue weighted by Gasteiger charge is 2.07. The van der Waals surface area contributed by atoms with Crippen LogP contribution in [0, 0.1) is 6.92 Å². The topological polar surface area (TPSA) is 24.9 Å². The zero-order valence-electron chi connectivity index (χ0n) is 10.2. The third kappa shape index (κ3) is 3.24. The van der Waals surface area contributed by atoms with Crippen molar-refractivity contribution in [3.8, 4) is 0 Å². The van der Waals surface area contributed by atoms with E-state index in [0.717, 1.165) is 10.2 Å². The molecule has 1 heterocycles. The molecule has 0 spiro atoms. The lowest BCUT2D eigenvalue weighted by Crippen LogP contribution is -2.07. The lowest BCUT2D eigenvalue weighted by atomic mass is 10.1. The number of aromatic nitrogens is 1. The Morgan fingerprint density at radius 1 is 1.33 bits per heavy atom. The van der Waals surface area contributed by atoms with Crippen molar-refractivity contribution in [1.82, 2.24) is 4.98 Å². The van der Waals surface area contributed by atoms with E-state index in [2.05, 4.69) is 64.3 Å². The summed E-state index contributed by atoms with van der Waals surface area (Å²) in [5, 5.41) is 3.88. The minimum absolute atomic E-state index is 0.222. The van der Waals surface area contributed by atoms with Gasteiger partial charge in [0.15, 0.2) is 0 Å². The molecule has 1 aromatic heterocycles. The van der Waals surface area contributed by atoms with Crippen molar-refractivity contribution in [3.05, 3.63) is 57.3 Å². The Labute approximate surface area is 121 Å². The lowest BCUT2D eigenvalue weighted by molar-refractivity contribution is 0.881. The van der Waals surface area contributed by atoms with Crippen molar-refractivity contribution in [2.24, 2.45) is 0 Å². The second-order valence-electron chi connectivity index (χ2n) is 4.28. The molecule has 0 radical (unpaired) electrons. The van der Waals surface area contributed by atoms with E-state index in [0.29, 0.717) is 5.15 Å². The number of nitrogens with one attached hydrogen (secondary N) is 1. The number of hydrogen-bond acceptors (Lipinski definition) is 2. The molecule has 0 aliphatic heterocycles. The van der Waals surface area contributed by atoms with E-state index in [1.54, 1.807) is 6.20 Å². The van der Waals surface area contributed by atoms with Gasteiger partial charge in [-0.2, -0.15) is 0 Å². The van der Waals surface area contributed by atoms with Gasteiger partial charge >= 0.3 is 0 Å². The average Bonchev–Trinajstić information content (AvgIpc) is 2.34. The monoisotopic (exact) mass is 324 g/mol. The van der Waals surface area contributed by atoms with Crippen molar-refractivity contribution in [2.75, 3.05) is 5.32 Å². The van der Waals surface area contributed by atoms with Crippen LogP contribution in [0.15, 0.2) is 41.0 Å². The molecule has 18 heavy (non-hydrogen) atoms. The summed E-state index contributed by atoms with van der Waals surface area (Å²) in [6.45, 7) is 4.22. The first kappa shape index (κ1) is 13.4. The number of nitrogens with zero attached hydrogens (tertiary/aromatic N) is 1. The van der Waals surface area contributed by atoms with Gasteiger partial charge in [-0.3, -0.25) is 0 Å². The minimum Gasteiger partial charge on any atom is -0.377 e. The van der Waals surface area contributed by atoms with Crippen LogP contribution in [0.4, 0.5) is 5.69 Å². The Morgan fingerprint density at radius 2 is 2.11 bits per heavy atom. The maximum atomic E-state index is 5.87. The van der Waals surface area contributed by atoms with Crippen LogP contribution < -0.4 is 5.32 Å². The normalized spacial score (nSPS) is 12.2. The highest BCUT2D eigenvalue weighted by atomic mass is 79.9. The fraction of sp³-hybridized carbons (Fsp3) is 0.214. The number of aryl methyl sites for hydroxylation is 1. The van der Waals surface area contributed by atoms with Gasteiger partial charge in [-0.15, -0.1) is 0 Å². The molecule has 1 N–H and O–H groups in total. The first-order chi connectivity index (χ1) is 8.56. The number of rotatable bonds is 3. The maximum Gasteiger partial charge on any atom is 0.143 e. The van der Waals surface area contributed by atoms with Crippen molar-refractivity contribution < 1.29 is 0 Å². The second-order valence-corrected chi connectivity index (χ2v) is 5.49. The van der Waals surface area contributed by atoms with Crippen LogP contribution in [-0.4, -0.2) is 4.98 Å². The Kier molecular flexibility index (Phi) is 4.25. The molecule has 2 rings (SSSR count). The number of anilines is 1. The van der Waals surface area contributed by atoms with E-state index in [1.165, 1.54) is 11.1 Å². The summed E-state index contributed by atoms with van der Waals surface area (Å²) in [5.74, 6) is 0. The number of pyridine rings is 1. The molecule has 1 atom stereocenters. The number of benzene rings is 1. The highest BCUT2D eigenvalue weighted by molar-refractivity contribution is 9.10. The molecular weight excluding hydrogens is 312 g/mol. The molecule has 0 fully saturated rings. The van der Waals surface area contributed by atoms with Crippen molar-refractivity contribution in [2.45, 2.75) is 19.9 Å². The summed E-state index contributed by atoms with van der Waals surface area (Å²) in [4.78, 5) is 4.10. The van der Waals surface area contributed by atoms with Gasteiger partial charge in [0.05, 0.1) is 16.4 Å². The Hall–Kier alpha value is -1.06. The fourth-order valence-electron chi connectivity index (χ4n) is 1.77. The molecule has 0 aliphatic carbocycles. The first-order valence-corrected chi connectivity index (χ1v) is 6.87. The van der Waals surface area contributed by atoms with Gasteiger partial charge in [-0.1, -0.05) is 41.4 Å². The van der Waals surface area contributed by atoms with Gasteiger partial charge in [0.2, 0.25) is 0 Å². The Bertz CT molecular complexity index is 557. The van der Waals surface area contributed by atoms with Crippen molar-refractivity contribution in [1.29, 1.82) is 0 Å². The quantitative estimate of drug-likeness (QED) is 0.805.